The van der Waals surface area contributed by atoms with E-state index in [4.69, 9.17) is 5.73 Å². The molecule has 0 aliphatic carbocycles. The van der Waals surface area contributed by atoms with Gasteiger partial charge in [-0.15, -0.1) is 0 Å². The molecule has 1 aromatic rings. The molecule has 1 saturated heterocycles. The predicted octanol–water partition coefficient (Wildman–Crippen LogP) is 2.48. The van der Waals surface area contributed by atoms with E-state index < -0.39 is 0 Å². The van der Waals surface area contributed by atoms with Gasteiger partial charge >= 0.3 is 0 Å². The number of nitrogens with zero attached hydrogens (tertiary/aromatic N) is 1. The Hall–Kier alpha value is -1.39. The van der Waals surface area contributed by atoms with E-state index in [0.29, 0.717) is 18.5 Å². The summed E-state index contributed by atoms with van der Waals surface area (Å²) in [5.41, 5.74) is 9.19. The fourth-order valence-corrected chi connectivity index (χ4v) is 2.84. The first kappa shape index (κ1) is 16.0. The van der Waals surface area contributed by atoms with Crippen molar-refractivity contribution in [2.75, 3.05) is 25.0 Å². The number of carbonyl (C=O) groups is 1. The molecular weight excluding hydrogens is 262 g/mol. The molecule has 4 heteroatoms. The van der Waals surface area contributed by atoms with Crippen molar-refractivity contribution >= 4 is 11.6 Å². The molecular formula is C17H27N3O. The quantitative estimate of drug-likeness (QED) is 0.895. The lowest BCUT2D eigenvalue weighted by molar-refractivity contribution is -0.117. The van der Waals surface area contributed by atoms with E-state index in [1.807, 2.05) is 19.1 Å². The lowest BCUT2D eigenvalue weighted by Gasteiger charge is -2.29. The smallest absolute Gasteiger partial charge is 0.238 e. The molecule has 1 fully saturated rings. The molecule has 1 aliphatic heterocycles. The summed E-state index contributed by atoms with van der Waals surface area (Å²) in [6, 6.07) is 6.48. The predicted molar refractivity (Wildman–Crippen MR) is 87.5 cm³/mol. The molecule has 0 bridgehead atoms. The molecule has 1 aromatic carbocycles. The van der Waals surface area contributed by atoms with Gasteiger partial charge in [-0.25, -0.2) is 0 Å². The number of amides is 1. The number of anilines is 1. The standard InChI is InChI=1S/C17H27N3O/c1-12(2)15-6-4-5-13(3)17(15)19-16(21)11-20-9-7-14(18)8-10-20/h4-6,12,14H,7-11,18H2,1-3H3,(H,19,21). The van der Waals surface area contributed by atoms with Crippen LogP contribution in [0.25, 0.3) is 0 Å². The fraction of sp³-hybridized carbons (Fsp3) is 0.588. The van der Waals surface area contributed by atoms with Crippen LogP contribution < -0.4 is 11.1 Å². The Labute approximate surface area is 127 Å². The van der Waals surface area contributed by atoms with Gasteiger partial charge in [0.25, 0.3) is 0 Å². The summed E-state index contributed by atoms with van der Waals surface area (Å²) in [5, 5.41) is 3.11. The van der Waals surface area contributed by atoms with E-state index in [9.17, 15) is 4.79 Å². The van der Waals surface area contributed by atoms with Crippen molar-refractivity contribution in [2.45, 2.75) is 45.6 Å². The molecule has 116 valence electrons. The fourth-order valence-electron chi connectivity index (χ4n) is 2.84. The molecule has 21 heavy (non-hydrogen) atoms. The Kier molecular flexibility index (Phi) is 5.37. The first-order valence-electron chi connectivity index (χ1n) is 7.84. The van der Waals surface area contributed by atoms with Gasteiger partial charge in [0.15, 0.2) is 0 Å². The highest BCUT2D eigenvalue weighted by Gasteiger charge is 2.19. The van der Waals surface area contributed by atoms with E-state index in [1.165, 1.54) is 5.56 Å². The van der Waals surface area contributed by atoms with E-state index in [1.54, 1.807) is 0 Å². The number of benzene rings is 1. The first-order chi connectivity index (χ1) is 9.97. The van der Waals surface area contributed by atoms with Crippen LogP contribution in [-0.2, 0) is 4.79 Å². The maximum Gasteiger partial charge on any atom is 0.238 e. The highest BCUT2D eigenvalue weighted by Crippen LogP contribution is 2.27. The van der Waals surface area contributed by atoms with Crippen LogP contribution in [0.1, 0.15) is 43.7 Å². The average molecular weight is 289 g/mol. The molecule has 2 rings (SSSR count). The summed E-state index contributed by atoms with van der Waals surface area (Å²) in [6.07, 6.45) is 1.96. The number of para-hydroxylation sites is 1. The first-order valence-corrected chi connectivity index (χ1v) is 7.84. The zero-order valence-electron chi connectivity index (χ0n) is 13.4. The maximum absolute atomic E-state index is 12.3. The van der Waals surface area contributed by atoms with E-state index in [-0.39, 0.29) is 5.91 Å². The Morgan fingerprint density at radius 2 is 2.05 bits per heavy atom. The van der Waals surface area contributed by atoms with Crippen molar-refractivity contribution in [1.82, 2.24) is 4.90 Å². The molecule has 1 heterocycles. The van der Waals surface area contributed by atoms with Gasteiger partial charge in [-0.05, 0) is 36.8 Å². The van der Waals surface area contributed by atoms with Crippen LogP contribution in [0, 0.1) is 6.92 Å². The second-order valence-electron chi connectivity index (χ2n) is 6.36. The minimum atomic E-state index is 0.0710. The van der Waals surface area contributed by atoms with Gasteiger partial charge in [-0.2, -0.15) is 0 Å². The SMILES string of the molecule is Cc1cccc(C(C)C)c1NC(=O)CN1CCC(N)CC1. The summed E-state index contributed by atoms with van der Waals surface area (Å²) in [6.45, 7) is 8.63. The number of nitrogens with two attached hydrogens (primary N) is 1. The third kappa shape index (κ3) is 4.29. The summed E-state index contributed by atoms with van der Waals surface area (Å²) >= 11 is 0. The van der Waals surface area contributed by atoms with E-state index in [0.717, 1.165) is 37.2 Å². The molecule has 0 spiro atoms. The molecule has 0 aromatic heterocycles. The van der Waals surface area contributed by atoms with Crippen LogP contribution in [0.5, 0.6) is 0 Å². The van der Waals surface area contributed by atoms with Gasteiger partial charge in [0.05, 0.1) is 6.54 Å². The molecule has 4 nitrogen and oxygen atoms in total. The molecule has 1 amide bonds. The largest absolute Gasteiger partial charge is 0.328 e. The minimum absolute atomic E-state index is 0.0710. The van der Waals surface area contributed by atoms with E-state index in [2.05, 4.69) is 30.1 Å². The molecule has 0 radical (unpaired) electrons. The van der Waals surface area contributed by atoms with Crippen molar-refractivity contribution < 1.29 is 4.79 Å². The summed E-state index contributed by atoms with van der Waals surface area (Å²) in [7, 11) is 0. The Morgan fingerprint density at radius 1 is 1.38 bits per heavy atom. The van der Waals surface area contributed by atoms with Gasteiger partial charge in [0.2, 0.25) is 5.91 Å². The number of hydrogen-bond acceptors (Lipinski definition) is 3. The molecule has 0 saturated carbocycles. The van der Waals surface area contributed by atoms with E-state index >= 15 is 0 Å². The molecule has 0 atom stereocenters. The third-order valence-electron chi connectivity index (χ3n) is 4.19. The number of rotatable bonds is 4. The Balaban J connectivity index is 2.00. The number of piperidine rings is 1. The van der Waals surface area contributed by atoms with Crippen molar-refractivity contribution in [3.8, 4) is 0 Å². The lowest BCUT2D eigenvalue weighted by atomic mass is 9.98. The topological polar surface area (TPSA) is 58.4 Å². The summed E-state index contributed by atoms with van der Waals surface area (Å²) < 4.78 is 0. The zero-order chi connectivity index (χ0) is 15.4. The van der Waals surface area contributed by atoms with Gasteiger partial charge in [0, 0.05) is 24.8 Å². The van der Waals surface area contributed by atoms with Crippen LogP contribution in [0.3, 0.4) is 0 Å². The van der Waals surface area contributed by atoms with Gasteiger partial charge in [-0.3, -0.25) is 9.69 Å². The maximum atomic E-state index is 12.3. The summed E-state index contributed by atoms with van der Waals surface area (Å²) in [4.78, 5) is 14.5. The second-order valence-corrected chi connectivity index (χ2v) is 6.36. The Morgan fingerprint density at radius 3 is 2.67 bits per heavy atom. The second kappa shape index (κ2) is 7.05. The number of hydrogen-bond donors (Lipinski definition) is 2. The number of carbonyl (C=O) groups excluding carboxylic acids is 1. The molecule has 3 N–H and O–H groups in total. The van der Waals surface area contributed by atoms with Crippen LogP contribution in [0.15, 0.2) is 18.2 Å². The minimum Gasteiger partial charge on any atom is -0.328 e. The normalized spacial score (nSPS) is 17.2. The highest BCUT2D eigenvalue weighted by atomic mass is 16.2. The number of nitrogens with one attached hydrogen (secondary N) is 1. The van der Waals surface area contributed by atoms with Crippen molar-refractivity contribution in [3.05, 3.63) is 29.3 Å². The monoisotopic (exact) mass is 289 g/mol. The lowest BCUT2D eigenvalue weighted by Crippen LogP contribution is -2.43. The third-order valence-corrected chi connectivity index (χ3v) is 4.19. The van der Waals surface area contributed by atoms with Crippen LogP contribution in [0.4, 0.5) is 5.69 Å². The highest BCUT2D eigenvalue weighted by molar-refractivity contribution is 5.93. The molecule has 1 aliphatic rings. The average Bonchev–Trinajstić information content (AvgIpc) is 2.43. The number of likely N-dealkylation sites (tertiary alicyclic amines) is 1. The number of aryl methyl sites for hydroxylation is 1. The molecule has 0 unspecified atom stereocenters. The van der Waals surface area contributed by atoms with Crippen LogP contribution in [-0.4, -0.2) is 36.5 Å². The van der Waals surface area contributed by atoms with Crippen molar-refractivity contribution in [3.63, 3.8) is 0 Å². The van der Waals surface area contributed by atoms with Crippen molar-refractivity contribution in [2.24, 2.45) is 5.73 Å². The van der Waals surface area contributed by atoms with Gasteiger partial charge < -0.3 is 11.1 Å². The van der Waals surface area contributed by atoms with Crippen LogP contribution >= 0.6 is 0 Å². The summed E-state index contributed by atoms with van der Waals surface area (Å²) in [5.74, 6) is 0.467. The zero-order valence-corrected chi connectivity index (χ0v) is 13.4. The van der Waals surface area contributed by atoms with Crippen LogP contribution in [0.2, 0.25) is 0 Å². The van der Waals surface area contributed by atoms with Crippen molar-refractivity contribution in [1.29, 1.82) is 0 Å². The van der Waals surface area contributed by atoms with Gasteiger partial charge in [0.1, 0.15) is 0 Å². The Bertz CT molecular complexity index is 491. The van der Waals surface area contributed by atoms with Gasteiger partial charge in [-0.1, -0.05) is 32.0 Å².